The van der Waals surface area contributed by atoms with Gasteiger partial charge in [-0.2, -0.15) is 0 Å². The van der Waals surface area contributed by atoms with Crippen molar-refractivity contribution in [2.75, 3.05) is 18.0 Å². The van der Waals surface area contributed by atoms with Crippen molar-refractivity contribution in [2.45, 2.75) is 26.1 Å². The average Bonchev–Trinajstić information content (AvgIpc) is 2.25. The molecule has 1 aliphatic heterocycles. The van der Waals surface area contributed by atoms with Crippen molar-refractivity contribution in [3.05, 3.63) is 29.3 Å². The molecule has 2 atom stereocenters. The molecule has 1 aromatic carbocycles. The van der Waals surface area contributed by atoms with E-state index >= 15 is 0 Å². The zero-order valence-corrected chi connectivity index (χ0v) is 11.2. The molecule has 0 bridgehead atoms. The van der Waals surface area contributed by atoms with Crippen molar-refractivity contribution in [3.8, 4) is 0 Å². The SMILES string of the molecule is C[C@@H]1CN(c2cccc(Cl)c2)C[C@H](C)OC(=O)O1. The number of hydrogen-bond acceptors (Lipinski definition) is 4. The fourth-order valence-corrected chi connectivity index (χ4v) is 2.19. The van der Waals surface area contributed by atoms with Crippen LogP contribution in [0, 0.1) is 0 Å². The number of carbonyl (C=O) groups excluding carboxylic acids is 1. The second-order valence-electron chi connectivity index (χ2n) is 4.49. The van der Waals surface area contributed by atoms with Crippen molar-refractivity contribution in [2.24, 2.45) is 0 Å². The van der Waals surface area contributed by atoms with Crippen LogP contribution in [0.15, 0.2) is 24.3 Å². The van der Waals surface area contributed by atoms with Gasteiger partial charge >= 0.3 is 6.16 Å². The van der Waals surface area contributed by atoms with Gasteiger partial charge in [-0.15, -0.1) is 0 Å². The fourth-order valence-electron chi connectivity index (χ4n) is 2.01. The number of rotatable bonds is 1. The van der Waals surface area contributed by atoms with Gasteiger partial charge in [0.05, 0.1) is 13.1 Å². The predicted octanol–water partition coefficient (Wildman–Crippen LogP) is 3.09. The van der Waals surface area contributed by atoms with Crippen LogP contribution in [0.3, 0.4) is 0 Å². The molecular weight excluding hydrogens is 254 g/mol. The third-order valence-electron chi connectivity index (χ3n) is 2.72. The van der Waals surface area contributed by atoms with Crippen molar-refractivity contribution in [3.63, 3.8) is 0 Å². The average molecular weight is 270 g/mol. The molecule has 1 aliphatic rings. The minimum atomic E-state index is -0.597. The fraction of sp³-hybridized carbons (Fsp3) is 0.462. The van der Waals surface area contributed by atoms with Crippen molar-refractivity contribution >= 4 is 23.4 Å². The van der Waals surface area contributed by atoms with Gasteiger partial charge in [0.15, 0.2) is 0 Å². The molecule has 0 aromatic heterocycles. The Bertz CT molecular complexity index is 422. The first-order chi connectivity index (χ1) is 8.54. The van der Waals surface area contributed by atoms with Crippen molar-refractivity contribution in [1.29, 1.82) is 0 Å². The maximum atomic E-state index is 11.3. The Morgan fingerprint density at radius 3 is 2.39 bits per heavy atom. The zero-order chi connectivity index (χ0) is 13.1. The highest BCUT2D eigenvalue weighted by atomic mass is 35.5. The molecule has 0 amide bonds. The summed E-state index contributed by atoms with van der Waals surface area (Å²) in [6.45, 7) is 4.93. The van der Waals surface area contributed by atoms with Crippen LogP contribution < -0.4 is 4.90 Å². The van der Waals surface area contributed by atoms with Gasteiger partial charge < -0.3 is 14.4 Å². The molecule has 98 valence electrons. The van der Waals surface area contributed by atoms with Crippen molar-refractivity contribution < 1.29 is 14.3 Å². The summed E-state index contributed by atoms with van der Waals surface area (Å²) >= 11 is 5.99. The van der Waals surface area contributed by atoms with E-state index in [1.54, 1.807) is 0 Å². The normalized spacial score (nSPS) is 24.8. The number of nitrogens with zero attached hydrogens (tertiary/aromatic N) is 1. The molecule has 1 fully saturated rings. The highest BCUT2D eigenvalue weighted by Gasteiger charge is 2.23. The minimum absolute atomic E-state index is 0.219. The molecule has 4 nitrogen and oxygen atoms in total. The van der Waals surface area contributed by atoms with E-state index in [0.29, 0.717) is 18.1 Å². The molecule has 1 saturated heterocycles. The molecular formula is C13H16ClNO3. The summed E-state index contributed by atoms with van der Waals surface area (Å²) in [5.41, 5.74) is 1.00. The molecule has 0 spiro atoms. The van der Waals surface area contributed by atoms with E-state index < -0.39 is 6.16 Å². The summed E-state index contributed by atoms with van der Waals surface area (Å²) in [6.07, 6.45) is -1.03. The minimum Gasteiger partial charge on any atom is -0.429 e. The quantitative estimate of drug-likeness (QED) is 0.735. The van der Waals surface area contributed by atoms with E-state index in [2.05, 4.69) is 4.90 Å². The van der Waals surface area contributed by atoms with Crippen LogP contribution in [0.2, 0.25) is 5.02 Å². The van der Waals surface area contributed by atoms with Gasteiger partial charge in [0.1, 0.15) is 12.2 Å². The highest BCUT2D eigenvalue weighted by Crippen LogP contribution is 2.21. The van der Waals surface area contributed by atoms with E-state index in [1.165, 1.54) is 0 Å². The van der Waals surface area contributed by atoms with Crippen LogP contribution in [0.4, 0.5) is 10.5 Å². The van der Waals surface area contributed by atoms with Crippen LogP contribution in [-0.2, 0) is 9.47 Å². The standard InChI is InChI=1S/C13H16ClNO3/c1-9-7-15(8-10(2)18-13(16)17-9)12-5-3-4-11(14)6-12/h3-6,9-10H,7-8H2,1-2H3/t9-,10+. The van der Waals surface area contributed by atoms with E-state index in [-0.39, 0.29) is 12.2 Å². The lowest BCUT2D eigenvalue weighted by molar-refractivity contribution is 0.00130. The number of hydrogen-bond donors (Lipinski definition) is 0. The van der Waals surface area contributed by atoms with Crippen LogP contribution in [-0.4, -0.2) is 31.5 Å². The largest absolute Gasteiger partial charge is 0.508 e. The van der Waals surface area contributed by atoms with Crippen LogP contribution in [0.25, 0.3) is 0 Å². The van der Waals surface area contributed by atoms with E-state index in [0.717, 1.165) is 5.69 Å². The number of cyclic esters (lactones) is 2. The van der Waals surface area contributed by atoms with Crippen molar-refractivity contribution in [1.82, 2.24) is 0 Å². The van der Waals surface area contributed by atoms with Gasteiger partial charge in [-0.05, 0) is 32.0 Å². The number of ether oxygens (including phenoxy) is 2. The Kier molecular flexibility index (Phi) is 3.97. The van der Waals surface area contributed by atoms with Crippen LogP contribution >= 0.6 is 11.6 Å². The molecule has 0 unspecified atom stereocenters. The first-order valence-electron chi connectivity index (χ1n) is 5.92. The lowest BCUT2D eigenvalue weighted by Gasteiger charge is -2.32. The molecule has 0 N–H and O–H groups in total. The van der Waals surface area contributed by atoms with Gasteiger partial charge in [0, 0.05) is 10.7 Å². The van der Waals surface area contributed by atoms with Gasteiger partial charge in [0.2, 0.25) is 0 Å². The monoisotopic (exact) mass is 269 g/mol. The lowest BCUT2D eigenvalue weighted by atomic mass is 10.2. The van der Waals surface area contributed by atoms with E-state index in [4.69, 9.17) is 21.1 Å². The summed E-state index contributed by atoms with van der Waals surface area (Å²) < 4.78 is 10.2. The summed E-state index contributed by atoms with van der Waals surface area (Å²) in [7, 11) is 0. The number of benzene rings is 1. The Morgan fingerprint density at radius 2 is 1.83 bits per heavy atom. The molecule has 0 aliphatic carbocycles. The molecule has 1 aromatic rings. The maximum absolute atomic E-state index is 11.3. The summed E-state index contributed by atoms with van der Waals surface area (Å²) in [6, 6.07) is 7.61. The molecule has 2 rings (SSSR count). The zero-order valence-electron chi connectivity index (χ0n) is 10.4. The maximum Gasteiger partial charge on any atom is 0.508 e. The number of carbonyl (C=O) groups is 1. The number of halogens is 1. The topological polar surface area (TPSA) is 38.8 Å². The van der Waals surface area contributed by atoms with Gasteiger partial charge in [-0.3, -0.25) is 0 Å². The van der Waals surface area contributed by atoms with Gasteiger partial charge in [0.25, 0.3) is 0 Å². The summed E-state index contributed by atoms with van der Waals surface area (Å²) in [4.78, 5) is 13.4. The molecule has 0 saturated carbocycles. The second-order valence-corrected chi connectivity index (χ2v) is 4.93. The van der Waals surface area contributed by atoms with E-state index in [1.807, 2.05) is 38.1 Å². The third kappa shape index (κ3) is 3.29. The first kappa shape index (κ1) is 13.0. The Hall–Kier alpha value is -1.42. The molecule has 5 heteroatoms. The lowest BCUT2D eigenvalue weighted by Crippen LogP contribution is -2.42. The van der Waals surface area contributed by atoms with Gasteiger partial charge in [-0.1, -0.05) is 17.7 Å². The van der Waals surface area contributed by atoms with Crippen LogP contribution in [0.1, 0.15) is 13.8 Å². The smallest absolute Gasteiger partial charge is 0.429 e. The summed E-state index contributed by atoms with van der Waals surface area (Å²) in [5.74, 6) is 0. The Balaban J connectivity index is 2.18. The second kappa shape index (κ2) is 5.48. The molecule has 0 radical (unpaired) electrons. The van der Waals surface area contributed by atoms with Gasteiger partial charge in [-0.25, -0.2) is 4.79 Å². The van der Waals surface area contributed by atoms with Crippen LogP contribution in [0.5, 0.6) is 0 Å². The highest BCUT2D eigenvalue weighted by molar-refractivity contribution is 6.30. The van der Waals surface area contributed by atoms with E-state index in [9.17, 15) is 4.79 Å². The first-order valence-corrected chi connectivity index (χ1v) is 6.30. The predicted molar refractivity (Wildman–Crippen MR) is 70.2 cm³/mol. The third-order valence-corrected chi connectivity index (χ3v) is 2.96. The summed E-state index contributed by atoms with van der Waals surface area (Å²) in [5, 5.41) is 0.688. The Morgan fingerprint density at radius 1 is 1.22 bits per heavy atom. The molecule has 1 heterocycles. The number of anilines is 1. The molecule has 18 heavy (non-hydrogen) atoms. The Labute approximate surface area is 111 Å².